The summed E-state index contributed by atoms with van der Waals surface area (Å²) in [6, 6.07) is 12.2. The summed E-state index contributed by atoms with van der Waals surface area (Å²) < 4.78 is 0. The van der Waals surface area contributed by atoms with E-state index in [0.29, 0.717) is 6.04 Å². The highest BCUT2D eigenvalue weighted by molar-refractivity contribution is 7.99. The Morgan fingerprint density at radius 2 is 1.77 bits per heavy atom. The van der Waals surface area contributed by atoms with E-state index >= 15 is 0 Å². The smallest absolute Gasteiger partial charge is 0.0367 e. The first-order valence-corrected chi connectivity index (χ1v) is 9.83. The van der Waals surface area contributed by atoms with Gasteiger partial charge in [0.1, 0.15) is 0 Å². The van der Waals surface area contributed by atoms with Crippen LogP contribution < -0.4 is 10.2 Å². The molecule has 0 bridgehead atoms. The molecule has 3 rings (SSSR count). The lowest BCUT2D eigenvalue weighted by atomic mass is 10.1. The Labute approximate surface area is 139 Å². The average Bonchev–Trinajstić information content (AvgIpc) is 2.57. The molecular formula is C18H29N3S. The minimum Gasteiger partial charge on any atom is -0.369 e. The SMILES string of the molecule is C[C@@H](CN1CCN(c2ccccc2)CC1)NC1CCSCC1. The Morgan fingerprint density at radius 3 is 2.45 bits per heavy atom. The second-order valence-electron chi connectivity index (χ2n) is 6.58. The van der Waals surface area contributed by atoms with Gasteiger partial charge in [-0.3, -0.25) is 4.90 Å². The maximum atomic E-state index is 3.84. The van der Waals surface area contributed by atoms with Crippen molar-refractivity contribution in [2.45, 2.75) is 31.8 Å². The zero-order valence-electron chi connectivity index (χ0n) is 13.7. The highest BCUT2D eigenvalue weighted by atomic mass is 32.2. The molecule has 0 unspecified atom stereocenters. The molecule has 0 amide bonds. The normalized spacial score (nSPS) is 22.7. The summed E-state index contributed by atoms with van der Waals surface area (Å²) >= 11 is 2.10. The molecule has 1 aromatic rings. The van der Waals surface area contributed by atoms with Gasteiger partial charge >= 0.3 is 0 Å². The maximum Gasteiger partial charge on any atom is 0.0367 e. The highest BCUT2D eigenvalue weighted by Crippen LogP contribution is 2.18. The molecular weight excluding hydrogens is 290 g/mol. The van der Waals surface area contributed by atoms with Gasteiger partial charge in [-0.05, 0) is 43.4 Å². The molecule has 2 aliphatic heterocycles. The topological polar surface area (TPSA) is 18.5 Å². The summed E-state index contributed by atoms with van der Waals surface area (Å²) in [6.45, 7) is 8.20. The fraction of sp³-hybridized carbons (Fsp3) is 0.667. The van der Waals surface area contributed by atoms with Gasteiger partial charge in [0, 0.05) is 50.5 Å². The van der Waals surface area contributed by atoms with Crippen LogP contribution in [0.4, 0.5) is 5.69 Å². The van der Waals surface area contributed by atoms with Crippen LogP contribution in [0, 0.1) is 0 Å². The first-order valence-electron chi connectivity index (χ1n) is 8.67. The third-order valence-electron chi connectivity index (χ3n) is 4.77. The van der Waals surface area contributed by atoms with Crippen LogP contribution in [-0.2, 0) is 0 Å². The van der Waals surface area contributed by atoms with Crippen molar-refractivity contribution in [1.29, 1.82) is 0 Å². The predicted octanol–water partition coefficient (Wildman–Crippen LogP) is 2.68. The van der Waals surface area contributed by atoms with E-state index in [2.05, 4.69) is 64.1 Å². The van der Waals surface area contributed by atoms with Crippen molar-refractivity contribution < 1.29 is 0 Å². The number of rotatable bonds is 5. The number of hydrogen-bond donors (Lipinski definition) is 1. The van der Waals surface area contributed by atoms with Gasteiger partial charge in [0.25, 0.3) is 0 Å². The summed E-state index contributed by atoms with van der Waals surface area (Å²) in [5.41, 5.74) is 1.37. The fourth-order valence-corrected chi connectivity index (χ4v) is 4.64. The molecule has 2 aliphatic rings. The largest absolute Gasteiger partial charge is 0.369 e. The quantitative estimate of drug-likeness (QED) is 0.899. The van der Waals surface area contributed by atoms with Crippen LogP contribution in [0.5, 0.6) is 0 Å². The molecule has 0 spiro atoms. The van der Waals surface area contributed by atoms with E-state index < -0.39 is 0 Å². The molecule has 0 aliphatic carbocycles. The Bertz CT molecular complexity index is 425. The second-order valence-corrected chi connectivity index (χ2v) is 7.80. The van der Waals surface area contributed by atoms with Crippen molar-refractivity contribution in [1.82, 2.24) is 10.2 Å². The molecule has 0 aromatic heterocycles. The summed E-state index contributed by atoms with van der Waals surface area (Å²) in [5, 5.41) is 3.84. The third-order valence-corrected chi connectivity index (χ3v) is 5.82. The summed E-state index contributed by atoms with van der Waals surface area (Å²) in [6.07, 6.45) is 2.69. The Morgan fingerprint density at radius 1 is 1.09 bits per heavy atom. The number of benzene rings is 1. The molecule has 0 saturated carbocycles. The minimum atomic E-state index is 0.608. The number of nitrogens with zero attached hydrogens (tertiary/aromatic N) is 2. The van der Waals surface area contributed by atoms with Gasteiger partial charge in [0.05, 0.1) is 0 Å². The van der Waals surface area contributed by atoms with Gasteiger partial charge < -0.3 is 10.2 Å². The standard InChI is InChI=1S/C18H29N3S/c1-16(19-17-7-13-22-14-8-17)15-20-9-11-21(12-10-20)18-5-3-2-4-6-18/h2-6,16-17,19H,7-15H2,1H3/t16-/m0/s1. The Balaban J connectivity index is 1.39. The van der Waals surface area contributed by atoms with Crippen LogP contribution in [0.3, 0.4) is 0 Å². The first-order chi connectivity index (χ1) is 10.8. The third kappa shape index (κ3) is 4.64. The monoisotopic (exact) mass is 319 g/mol. The van der Waals surface area contributed by atoms with Crippen LogP contribution in [0.1, 0.15) is 19.8 Å². The van der Waals surface area contributed by atoms with Gasteiger partial charge in [0.15, 0.2) is 0 Å². The molecule has 122 valence electrons. The molecule has 4 heteroatoms. The molecule has 3 nitrogen and oxygen atoms in total. The van der Waals surface area contributed by atoms with Crippen molar-refractivity contribution in [3.05, 3.63) is 30.3 Å². The Hall–Kier alpha value is -0.710. The van der Waals surface area contributed by atoms with E-state index in [1.165, 1.54) is 49.7 Å². The molecule has 1 N–H and O–H groups in total. The molecule has 1 atom stereocenters. The van der Waals surface area contributed by atoms with E-state index in [1.807, 2.05) is 0 Å². The zero-order valence-corrected chi connectivity index (χ0v) is 14.5. The molecule has 1 aromatic carbocycles. The van der Waals surface area contributed by atoms with Crippen LogP contribution in [0.15, 0.2) is 30.3 Å². The zero-order chi connectivity index (χ0) is 15.2. The maximum absolute atomic E-state index is 3.84. The van der Waals surface area contributed by atoms with E-state index in [1.54, 1.807) is 0 Å². The molecule has 2 saturated heterocycles. The number of anilines is 1. The molecule has 2 fully saturated rings. The molecule has 2 heterocycles. The van der Waals surface area contributed by atoms with E-state index in [0.717, 1.165) is 19.1 Å². The predicted molar refractivity (Wildman–Crippen MR) is 98.0 cm³/mol. The van der Waals surface area contributed by atoms with Gasteiger partial charge in [-0.1, -0.05) is 18.2 Å². The van der Waals surface area contributed by atoms with Crippen molar-refractivity contribution in [3.8, 4) is 0 Å². The minimum absolute atomic E-state index is 0.608. The number of para-hydroxylation sites is 1. The van der Waals surface area contributed by atoms with Gasteiger partial charge in [-0.15, -0.1) is 0 Å². The molecule has 0 radical (unpaired) electrons. The summed E-state index contributed by atoms with van der Waals surface area (Å²) in [7, 11) is 0. The van der Waals surface area contributed by atoms with Gasteiger partial charge in [-0.2, -0.15) is 11.8 Å². The lowest BCUT2D eigenvalue weighted by Gasteiger charge is -2.38. The van der Waals surface area contributed by atoms with Crippen LogP contribution >= 0.6 is 11.8 Å². The number of piperazine rings is 1. The first kappa shape index (κ1) is 16.2. The van der Waals surface area contributed by atoms with Crippen LogP contribution in [0.2, 0.25) is 0 Å². The Kier molecular flexibility index (Phi) is 6.04. The second kappa shape index (κ2) is 8.23. The lowest BCUT2D eigenvalue weighted by Crippen LogP contribution is -2.51. The van der Waals surface area contributed by atoms with Gasteiger partial charge in [-0.25, -0.2) is 0 Å². The fourth-order valence-electron chi connectivity index (χ4n) is 3.53. The van der Waals surface area contributed by atoms with E-state index in [9.17, 15) is 0 Å². The van der Waals surface area contributed by atoms with Crippen LogP contribution in [0.25, 0.3) is 0 Å². The van der Waals surface area contributed by atoms with E-state index in [-0.39, 0.29) is 0 Å². The van der Waals surface area contributed by atoms with Crippen molar-refractivity contribution in [2.24, 2.45) is 0 Å². The van der Waals surface area contributed by atoms with Crippen molar-refractivity contribution in [3.63, 3.8) is 0 Å². The van der Waals surface area contributed by atoms with Gasteiger partial charge in [0.2, 0.25) is 0 Å². The number of nitrogens with one attached hydrogen (secondary N) is 1. The number of thioether (sulfide) groups is 1. The highest BCUT2D eigenvalue weighted by Gasteiger charge is 2.20. The lowest BCUT2D eigenvalue weighted by molar-refractivity contribution is 0.226. The summed E-state index contributed by atoms with van der Waals surface area (Å²) in [4.78, 5) is 5.13. The average molecular weight is 320 g/mol. The van der Waals surface area contributed by atoms with Crippen LogP contribution in [-0.4, -0.2) is 61.2 Å². The van der Waals surface area contributed by atoms with Crippen molar-refractivity contribution in [2.75, 3.05) is 49.1 Å². The van der Waals surface area contributed by atoms with E-state index in [4.69, 9.17) is 0 Å². The summed E-state index contributed by atoms with van der Waals surface area (Å²) in [5.74, 6) is 2.67. The number of hydrogen-bond acceptors (Lipinski definition) is 4. The van der Waals surface area contributed by atoms with Crippen molar-refractivity contribution >= 4 is 17.4 Å². The molecule has 22 heavy (non-hydrogen) atoms.